The van der Waals surface area contributed by atoms with Gasteiger partial charge in [0.2, 0.25) is 0 Å². The second kappa shape index (κ2) is 1.62. The molecule has 0 saturated carbocycles. The van der Waals surface area contributed by atoms with E-state index in [1.807, 2.05) is 0 Å². The predicted molar refractivity (Wildman–Crippen MR) is 43.8 cm³/mol. The molecule has 3 rings (SSSR count). The lowest BCUT2D eigenvalue weighted by Crippen LogP contribution is -2.13. The largest absolute Gasteiger partial charge is 0.0688 e. The van der Waals surface area contributed by atoms with Crippen molar-refractivity contribution in [2.45, 2.75) is 25.7 Å². The van der Waals surface area contributed by atoms with Crippen LogP contribution in [0.15, 0.2) is 6.07 Å². The van der Waals surface area contributed by atoms with Crippen molar-refractivity contribution in [1.29, 1.82) is 0 Å². The molecule has 0 amide bonds. The van der Waals surface area contributed by atoms with Gasteiger partial charge in [-0.3, -0.25) is 0 Å². The van der Waals surface area contributed by atoms with E-state index in [1.165, 1.54) is 25.7 Å². The lowest BCUT2D eigenvalue weighted by atomic mass is 9.91. The molecule has 0 aliphatic heterocycles. The van der Waals surface area contributed by atoms with Crippen LogP contribution in [0.5, 0.6) is 0 Å². The van der Waals surface area contributed by atoms with Gasteiger partial charge in [-0.1, -0.05) is 14.3 Å². The second-order valence-electron chi connectivity index (χ2n) is 3.20. The van der Waals surface area contributed by atoms with Crippen molar-refractivity contribution >= 4 is 8.19 Å². The number of hydrogen-bond donors (Lipinski definition) is 0. The van der Waals surface area contributed by atoms with Crippen molar-refractivity contribution in [2.75, 3.05) is 0 Å². The minimum absolute atomic E-state index is 1.36. The minimum atomic E-state index is 1.36. The van der Waals surface area contributed by atoms with E-state index < -0.39 is 0 Å². The summed E-state index contributed by atoms with van der Waals surface area (Å²) in [5.41, 5.74) is 3.33. The zero-order valence-corrected chi connectivity index (χ0v) is 6.75. The maximum Gasteiger partial charge on any atom is -0.0168 e. The first-order chi connectivity index (χ1) is 4.93. The smallest absolute Gasteiger partial charge is 0.0168 e. The Morgan fingerprint density at radius 2 is 1.50 bits per heavy atom. The monoisotopic (exact) mass is 148 g/mol. The van der Waals surface area contributed by atoms with Gasteiger partial charge in [-0.15, -0.1) is 0 Å². The topological polar surface area (TPSA) is 0 Å². The standard InChI is InChI=1S/C9H9P/c1-3-8-6(1)5-7-2-4-9(7)10-8/h5H,1-4H2. The zero-order valence-electron chi connectivity index (χ0n) is 5.85. The van der Waals surface area contributed by atoms with E-state index in [-0.39, 0.29) is 0 Å². The molecule has 1 heteroatoms. The third-order valence-electron chi connectivity index (χ3n) is 2.62. The molecule has 2 aliphatic rings. The Hall–Kier alpha value is -0.350. The molecular weight excluding hydrogens is 139 g/mol. The summed E-state index contributed by atoms with van der Waals surface area (Å²) in [6.07, 6.45) is 5.48. The Balaban J connectivity index is 2.29. The van der Waals surface area contributed by atoms with Gasteiger partial charge in [-0.25, -0.2) is 0 Å². The molecule has 0 radical (unpaired) electrons. The highest BCUT2D eigenvalue weighted by atomic mass is 31.0. The van der Waals surface area contributed by atoms with E-state index in [1.54, 1.807) is 29.9 Å². The first kappa shape index (κ1) is 5.32. The Bertz CT molecular complexity index is 244. The zero-order chi connectivity index (χ0) is 6.55. The normalized spacial score (nSPS) is 18.4. The van der Waals surface area contributed by atoms with Crippen LogP contribution >= 0.6 is 8.19 Å². The third kappa shape index (κ3) is 0.514. The maximum absolute atomic E-state index is 2.44. The SMILES string of the molecule is c1c2c(pc3c1CC3)CC2. The van der Waals surface area contributed by atoms with Crippen LogP contribution in [0.25, 0.3) is 0 Å². The van der Waals surface area contributed by atoms with Gasteiger partial charge >= 0.3 is 0 Å². The molecule has 0 saturated heterocycles. The Kier molecular flexibility index (Phi) is 0.864. The highest BCUT2D eigenvalue weighted by Gasteiger charge is 2.20. The molecule has 0 spiro atoms. The molecule has 50 valence electrons. The molecule has 0 atom stereocenters. The summed E-state index contributed by atoms with van der Waals surface area (Å²) in [7, 11) is 1.59. The van der Waals surface area contributed by atoms with E-state index >= 15 is 0 Å². The summed E-state index contributed by atoms with van der Waals surface area (Å²) in [5.74, 6) is 0. The second-order valence-corrected chi connectivity index (χ2v) is 4.50. The van der Waals surface area contributed by atoms with Gasteiger partial charge in [0.05, 0.1) is 0 Å². The molecule has 0 N–H and O–H groups in total. The molecule has 1 aromatic heterocycles. The van der Waals surface area contributed by atoms with Crippen LogP contribution in [0, 0.1) is 0 Å². The van der Waals surface area contributed by atoms with Gasteiger partial charge in [-0.05, 0) is 47.4 Å². The average Bonchev–Trinajstić information content (AvgIpc) is 1.82. The summed E-state index contributed by atoms with van der Waals surface area (Å²) in [6, 6.07) is 2.44. The molecule has 0 nitrogen and oxygen atoms in total. The summed E-state index contributed by atoms with van der Waals surface area (Å²) >= 11 is 0. The molecule has 0 fully saturated rings. The van der Waals surface area contributed by atoms with Crippen LogP contribution in [0.3, 0.4) is 0 Å². The minimum Gasteiger partial charge on any atom is -0.0688 e. The Morgan fingerprint density at radius 1 is 0.900 bits per heavy atom. The van der Waals surface area contributed by atoms with Gasteiger partial charge in [0, 0.05) is 0 Å². The molecule has 1 aromatic rings. The van der Waals surface area contributed by atoms with E-state index in [9.17, 15) is 0 Å². The van der Waals surface area contributed by atoms with Crippen LogP contribution in [0.1, 0.15) is 21.7 Å². The first-order valence-corrected chi connectivity index (χ1v) is 4.83. The highest BCUT2D eigenvalue weighted by molar-refractivity contribution is 7.32. The van der Waals surface area contributed by atoms with Crippen molar-refractivity contribution in [1.82, 2.24) is 0 Å². The third-order valence-corrected chi connectivity index (χ3v) is 4.18. The van der Waals surface area contributed by atoms with Crippen molar-refractivity contribution < 1.29 is 0 Å². The van der Waals surface area contributed by atoms with E-state index in [4.69, 9.17) is 0 Å². The molecule has 0 aromatic carbocycles. The number of rotatable bonds is 0. The fourth-order valence-corrected chi connectivity index (χ4v) is 3.11. The van der Waals surface area contributed by atoms with Gasteiger partial charge in [0.25, 0.3) is 0 Å². The van der Waals surface area contributed by atoms with E-state index in [0.717, 1.165) is 0 Å². The van der Waals surface area contributed by atoms with Crippen LogP contribution in [-0.2, 0) is 25.7 Å². The van der Waals surface area contributed by atoms with Gasteiger partial charge < -0.3 is 0 Å². The van der Waals surface area contributed by atoms with E-state index in [0.29, 0.717) is 0 Å². The van der Waals surface area contributed by atoms with Crippen molar-refractivity contribution in [3.8, 4) is 0 Å². The summed E-state index contributed by atoms with van der Waals surface area (Å²) < 4.78 is 0. The lowest BCUT2D eigenvalue weighted by Gasteiger charge is -2.26. The summed E-state index contributed by atoms with van der Waals surface area (Å²) in [4.78, 5) is 0. The predicted octanol–water partition coefficient (Wildman–Crippen LogP) is 2.46. The van der Waals surface area contributed by atoms with Crippen LogP contribution in [0.2, 0.25) is 0 Å². The van der Waals surface area contributed by atoms with Crippen molar-refractivity contribution in [3.05, 3.63) is 27.8 Å². The Morgan fingerprint density at radius 3 is 1.80 bits per heavy atom. The van der Waals surface area contributed by atoms with Crippen molar-refractivity contribution in [3.63, 3.8) is 0 Å². The molecule has 10 heavy (non-hydrogen) atoms. The Labute approximate surface area is 62.4 Å². The van der Waals surface area contributed by atoms with Crippen LogP contribution < -0.4 is 0 Å². The fourth-order valence-electron chi connectivity index (χ4n) is 1.70. The maximum atomic E-state index is 2.44. The average molecular weight is 148 g/mol. The molecule has 0 bridgehead atoms. The highest BCUT2D eigenvalue weighted by Crippen LogP contribution is 2.40. The van der Waals surface area contributed by atoms with Gasteiger partial charge in [-0.2, -0.15) is 0 Å². The van der Waals surface area contributed by atoms with Crippen LogP contribution in [0.4, 0.5) is 0 Å². The van der Waals surface area contributed by atoms with Crippen molar-refractivity contribution in [2.24, 2.45) is 0 Å². The number of hydrogen-bond acceptors (Lipinski definition) is 0. The quantitative estimate of drug-likeness (QED) is 0.530. The summed E-state index contributed by atoms with van der Waals surface area (Å²) in [6.45, 7) is 0. The first-order valence-electron chi connectivity index (χ1n) is 3.94. The fraction of sp³-hybridized carbons (Fsp3) is 0.444. The lowest BCUT2D eigenvalue weighted by molar-refractivity contribution is 0.819. The van der Waals surface area contributed by atoms with Gasteiger partial charge in [0.1, 0.15) is 0 Å². The molecular formula is C9H9P. The van der Waals surface area contributed by atoms with Gasteiger partial charge in [0.15, 0.2) is 0 Å². The molecule has 0 unspecified atom stereocenters. The number of aryl methyl sites for hydroxylation is 4. The number of fused-ring (bicyclic) bond motifs is 2. The molecule has 1 heterocycles. The van der Waals surface area contributed by atoms with E-state index in [2.05, 4.69) is 6.07 Å². The van der Waals surface area contributed by atoms with Crippen LogP contribution in [-0.4, -0.2) is 0 Å². The summed E-state index contributed by atoms with van der Waals surface area (Å²) in [5, 5.41) is 3.44. The molecule has 2 aliphatic carbocycles.